The van der Waals surface area contributed by atoms with E-state index in [1.54, 1.807) is 23.5 Å². The van der Waals surface area contributed by atoms with Gasteiger partial charge in [-0.15, -0.1) is 11.3 Å². The number of aliphatic hydroxyl groups excluding tert-OH is 1. The molecule has 0 aliphatic heterocycles. The molecule has 0 aliphatic carbocycles. The molecule has 1 aromatic heterocycles. The molecule has 21 heavy (non-hydrogen) atoms. The van der Waals surface area contributed by atoms with Crippen LogP contribution in [0.3, 0.4) is 0 Å². The number of thiophene rings is 1. The van der Waals surface area contributed by atoms with Crippen molar-refractivity contribution in [1.82, 2.24) is 5.32 Å². The molecule has 4 nitrogen and oxygen atoms in total. The molecule has 2 rings (SSSR count). The Morgan fingerprint density at radius 3 is 2.52 bits per heavy atom. The zero-order valence-electron chi connectivity index (χ0n) is 12.2. The number of aryl methyl sites for hydroxylation is 1. The van der Waals surface area contributed by atoms with Gasteiger partial charge in [0, 0.05) is 27.5 Å². The fraction of sp³-hybridized carbons (Fsp3) is 0.312. The van der Waals surface area contributed by atoms with Crippen LogP contribution >= 0.6 is 11.3 Å². The molecule has 0 radical (unpaired) electrons. The third-order valence-corrected chi connectivity index (χ3v) is 4.30. The first-order valence-electron chi connectivity index (χ1n) is 6.92. The molecule has 1 heterocycles. The molecule has 3 N–H and O–H groups in total. The van der Waals surface area contributed by atoms with E-state index < -0.39 is 0 Å². The lowest BCUT2D eigenvalue weighted by molar-refractivity contribution is 0.0945. The number of aliphatic hydroxyl groups is 1. The summed E-state index contributed by atoms with van der Waals surface area (Å²) < 4.78 is 0. The van der Waals surface area contributed by atoms with Gasteiger partial charge in [-0.1, -0.05) is 0 Å². The van der Waals surface area contributed by atoms with E-state index in [9.17, 15) is 4.79 Å². The molecule has 0 saturated carbocycles. The van der Waals surface area contributed by atoms with Gasteiger partial charge in [0.2, 0.25) is 0 Å². The number of anilines is 1. The molecule has 0 fully saturated rings. The van der Waals surface area contributed by atoms with Crippen molar-refractivity contribution in [3.63, 3.8) is 0 Å². The lowest BCUT2D eigenvalue weighted by atomic mass is 10.1. The van der Waals surface area contributed by atoms with Gasteiger partial charge in [0.25, 0.3) is 5.91 Å². The first-order chi connectivity index (χ1) is 10.1. The Labute approximate surface area is 128 Å². The van der Waals surface area contributed by atoms with Crippen molar-refractivity contribution in [2.45, 2.75) is 19.9 Å². The first-order valence-corrected chi connectivity index (χ1v) is 7.74. The van der Waals surface area contributed by atoms with Crippen LogP contribution in [0.25, 0.3) is 0 Å². The summed E-state index contributed by atoms with van der Waals surface area (Å²) in [4.78, 5) is 14.3. The van der Waals surface area contributed by atoms with Crippen LogP contribution in [-0.2, 0) is 0 Å². The minimum absolute atomic E-state index is 0.0525. The molecule has 0 saturated heterocycles. The van der Waals surface area contributed by atoms with Crippen molar-refractivity contribution >= 4 is 22.9 Å². The van der Waals surface area contributed by atoms with Gasteiger partial charge in [-0.25, -0.2) is 0 Å². The number of nitrogens with one attached hydrogen (secondary N) is 2. The van der Waals surface area contributed by atoms with Crippen molar-refractivity contribution in [3.8, 4) is 0 Å². The topological polar surface area (TPSA) is 61.4 Å². The zero-order chi connectivity index (χ0) is 15.2. The summed E-state index contributed by atoms with van der Waals surface area (Å²) in [6.07, 6.45) is 0. The maximum atomic E-state index is 11.7. The molecule has 112 valence electrons. The molecule has 1 amide bonds. The van der Waals surface area contributed by atoms with Crippen LogP contribution in [0.1, 0.15) is 33.1 Å². The van der Waals surface area contributed by atoms with Gasteiger partial charge in [0.1, 0.15) is 0 Å². The van der Waals surface area contributed by atoms with E-state index in [4.69, 9.17) is 5.11 Å². The van der Waals surface area contributed by atoms with Crippen LogP contribution in [0, 0.1) is 6.92 Å². The zero-order valence-corrected chi connectivity index (χ0v) is 13.0. The van der Waals surface area contributed by atoms with Crippen molar-refractivity contribution in [3.05, 3.63) is 51.7 Å². The van der Waals surface area contributed by atoms with Gasteiger partial charge in [-0.2, -0.15) is 0 Å². The molecule has 1 atom stereocenters. The van der Waals surface area contributed by atoms with Gasteiger partial charge < -0.3 is 15.7 Å². The molecule has 2 aromatic rings. The largest absolute Gasteiger partial charge is 0.395 e. The fourth-order valence-corrected chi connectivity index (χ4v) is 2.88. The van der Waals surface area contributed by atoms with Gasteiger partial charge in [-0.3, -0.25) is 4.79 Å². The number of hydrogen-bond donors (Lipinski definition) is 3. The number of carbonyl (C=O) groups is 1. The maximum Gasteiger partial charge on any atom is 0.251 e. The van der Waals surface area contributed by atoms with E-state index in [-0.39, 0.29) is 25.1 Å². The third kappa shape index (κ3) is 4.31. The van der Waals surface area contributed by atoms with Crippen LogP contribution in [-0.4, -0.2) is 24.2 Å². The second-order valence-electron chi connectivity index (χ2n) is 4.87. The predicted molar refractivity (Wildman–Crippen MR) is 87.0 cm³/mol. The molecule has 0 spiro atoms. The Bertz CT molecular complexity index is 593. The smallest absolute Gasteiger partial charge is 0.251 e. The monoisotopic (exact) mass is 304 g/mol. The third-order valence-electron chi connectivity index (χ3n) is 3.12. The number of hydrogen-bond acceptors (Lipinski definition) is 4. The van der Waals surface area contributed by atoms with Crippen LogP contribution in [0.5, 0.6) is 0 Å². The van der Waals surface area contributed by atoms with Crippen LogP contribution in [0.2, 0.25) is 0 Å². The Morgan fingerprint density at radius 2 is 1.95 bits per heavy atom. The Morgan fingerprint density at radius 1 is 1.24 bits per heavy atom. The summed E-state index contributed by atoms with van der Waals surface area (Å²) in [7, 11) is 0. The SMILES string of the molecule is Cc1ccc(C(C)Nc2ccc(C(=O)NCCO)cc2)s1. The lowest BCUT2D eigenvalue weighted by Crippen LogP contribution is -2.26. The summed E-state index contributed by atoms with van der Waals surface area (Å²) in [5, 5.41) is 14.7. The highest BCUT2D eigenvalue weighted by Gasteiger charge is 2.08. The summed E-state index contributed by atoms with van der Waals surface area (Å²) in [5.74, 6) is -0.169. The molecule has 5 heteroatoms. The Kier molecular flexibility index (Phi) is 5.36. The van der Waals surface area contributed by atoms with Crippen molar-refractivity contribution in [1.29, 1.82) is 0 Å². The molecule has 1 aromatic carbocycles. The number of benzene rings is 1. The maximum absolute atomic E-state index is 11.7. The summed E-state index contributed by atoms with van der Waals surface area (Å²) in [6, 6.07) is 11.8. The highest BCUT2D eigenvalue weighted by atomic mass is 32.1. The molecule has 0 bridgehead atoms. The summed E-state index contributed by atoms with van der Waals surface area (Å²) in [5.41, 5.74) is 1.57. The molecule has 1 unspecified atom stereocenters. The average Bonchev–Trinajstić information content (AvgIpc) is 2.92. The fourth-order valence-electron chi connectivity index (χ4n) is 2.00. The van der Waals surface area contributed by atoms with Crippen molar-refractivity contribution in [2.75, 3.05) is 18.5 Å². The number of amides is 1. The molecule has 0 aliphatic rings. The Hall–Kier alpha value is -1.85. The normalized spacial score (nSPS) is 12.0. The van der Waals surface area contributed by atoms with Gasteiger partial charge in [0.05, 0.1) is 12.6 Å². The second kappa shape index (κ2) is 7.24. The number of carbonyl (C=O) groups excluding carboxylic acids is 1. The minimum atomic E-state index is -0.169. The van der Waals surface area contributed by atoms with Crippen LogP contribution in [0.15, 0.2) is 36.4 Å². The Balaban J connectivity index is 1.97. The minimum Gasteiger partial charge on any atom is -0.395 e. The van der Waals surface area contributed by atoms with E-state index in [0.29, 0.717) is 5.56 Å². The van der Waals surface area contributed by atoms with Gasteiger partial charge in [0.15, 0.2) is 0 Å². The highest BCUT2D eigenvalue weighted by molar-refractivity contribution is 7.12. The molecular formula is C16H20N2O2S. The van der Waals surface area contributed by atoms with Crippen molar-refractivity contribution in [2.24, 2.45) is 0 Å². The number of rotatable bonds is 6. The van der Waals surface area contributed by atoms with E-state index in [0.717, 1.165) is 5.69 Å². The van der Waals surface area contributed by atoms with E-state index >= 15 is 0 Å². The quantitative estimate of drug-likeness (QED) is 0.769. The van der Waals surface area contributed by atoms with Crippen LogP contribution < -0.4 is 10.6 Å². The lowest BCUT2D eigenvalue weighted by Gasteiger charge is -2.14. The predicted octanol–water partition coefficient (Wildman–Crippen LogP) is 2.95. The van der Waals surface area contributed by atoms with E-state index in [2.05, 4.69) is 36.6 Å². The highest BCUT2D eigenvalue weighted by Crippen LogP contribution is 2.25. The molecular weight excluding hydrogens is 284 g/mol. The van der Waals surface area contributed by atoms with Gasteiger partial charge in [-0.05, 0) is 50.2 Å². The standard InChI is InChI=1S/C16H20N2O2S/c1-11-3-8-15(21-11)12(2)18-14-6-4-13(5-7-14)16(20)17-9-10-19/h3-8,12,18-19H,9-10H2,1-2H3,(H,17,20). The first kappa shape index (κ1) is 15.5. The van der Waals surface area contributed by atoms with Crippen molar-refractivity contribution < 1.29 is 9.90 Å². The van der Waals surface area contributed by atoms with E-state index in [1.165, 1.54) is 9.75 Å². The summed E-state index contributed by atoms with van der Waals surface area (Å²) in [6.45, 7) is 4.44. The second-order valence-corrected chi connectivity index (χ2v) is 6.19. The van der Waals surface area contributed by atoms with Crippen LogP contribution in [0.4, 0.5) is 5.69 Å². The van der Waals surface area contributed by atoms with E-state index in [1.807, 2.05) is 12.1 Å². The average molecular weight is 304 g/mol. The van der Waals surface area contributed by atoms with Gasteiger partial charge >= 0.3 is 0 Å². The summed E-state index contributed by atoms with van der Waals surface area (Å²) >= 11 is 1.78.